The Morgan fingerprint density at radius 3 is 1.00 bits per heavy atom. The van der Waals surface area contributed by atoms with Crippen LogP contribution >= 0.6 is 0 Å². The molecular formula is C66H72O10. The average Bonchev–Trinajstić information content (AvgIpc) is 3.96. The first-order chi connectivity index (χ1) is 37.4. The highest BCUT2D eigenvalue weighted by Gasteiger charge is 2.54. The van der Waals surface area contributed by atoms with Gasteiger partial charge in [0.1, 0.15) is 49.4 Å². The highest BCUT2D eigenvalue weighted by Crippen LogP contribution is 2.54. The van der Waals surface area contributed by atoms with E-state index in [-0.39, 0.29) is 50.2 Å². The van der Waals surface area contributed by atoms with Gasteiger partial charge in [0.25, 0.3) is 0 Å². The monoisotopic (exact) mass is 1020 g/mol. The number of aryl methyl sites for hydroxylation is 2. The number of hydrogen-bond acceptors (Lipinski definition) is 10. The van der Waals surface area contributed by atoms with Crippen molar-refractivity contribution in [1.82, 2.24) is 0 Å². The molecule has 10 nitrogen and oxygen atoms in total. The van der Waals surface area contributed by atoms with E-state index in [9.17, 15) is 9.59 Å². The maximum atomic E-state index is 14.2. The molecule has 6 heterocycles. The molecule has 2 unspecified atom stereocenters. The largest absolute Gasteiger partial charge is 0.491 e. The van der Waals surface area contributed by atoms with Gasteiger partial charge in [-0.2, -0.15) is 0 Å². The van der Waals surface area contributed by atoms with E-state index in [4.69, 9.17) is 37.9 Å². The van der Waals surface area contributed by atoms with Crippen LogP contribution in [0.2, 0.25) is 0 Å². The van der Waals surface area contributed by atoms with E-state index in [0.717, 1.165) is 86.5 Å². The second-order valence-corrected chi connectivity index (χ2v) is 19.9. The van der Waals surface area contributed by atoms with E-state index in [0.29, 0.717) is 60.6 Å². The fraction of sp³-hybridized carbons (Fsp3) is 0.364. The lowest BCUT2D eigenvalue weighted by Crippen LogP contribution is -2.37. The third kappa shape index (κ3) is 12.7. The predicted molar refractivity (Wildman–Crippen MR) is 294 cm³/mol. The minimum Gasteiger partial charge on any atom is -0.491 e. The summed E-state index contributed by atoms with van der Waals surface area (Å²) < 4.78 is 49.3. The Morgan fingerprint density at radius 2 is 0.671 bits per heavy atom. The fourth-order valence-corrected chi connectivity index (χ4v) is 11.4. The summed E-state index contributed by atoms with van der Waals surface area (Å²) >= 11 is 0. The van der Waals surface area contributed by atoms with Gasteiger partial charge in [-0.05, 0) is 87.8 Å². The Labute approximate surface area is 448 Å². The van der Waals surface area contributed by atoms with Crippen molar-refractivity contribution < 1.29 is 47.5 Å². The van der Waals surface area contributed by atoms with Crippen LogP contribution in [0.4, 0.5) is 0 Å². The van der Waals surface area contributed by atoms with Gasteiger partial charge in [-0.3, -0.25) is 0 Å². The average molecular weight is 1030 g/mol. The van der Waals surface area contributed by atoms with Gasteiger partial charge in [-0.15, -0.1) is 0 Å². The molecule has 6 aliphatic heterocycles. The van der Waals surface area contributed by atoms with Crippen LogP contribution in [-0.4, -0.2) is 64.8 Å². The van der Waals surface area contributed by atoms with Crippen molar-refractivity contribution in [2.75, 3.05) is 52.9 Å². The molecule has 0 radical (unpaired) electrons. The summed E-state index contributed by atoms with van der Waals surface area (Å²) in [6, 6.07) is 57.6. The highest BCUT2D eigenvalue weighted by atomic mass is 16.6. The van der Waals surface area contributed by atoms with Crippen LogP contribution in [0, 0.1) is 11.8 Å². The maximum absolute atomic E-state index is 14.2. The topological polar surface area (TPSA) is 108 Å². The fourth-order valence-electron chi connectivity index (χ4n) is 11.4. The van der Waals surface area contributed by atoms with Crippen molar-refractivity contribution in [3.05, 3.63) is 226 Å². The molecule has 0 spiro atoms. The number of rotatable bonds is 4. The smallest absolute Gasteiger partial charge is 0.337 e. The standard InChI is InChI=1S/C66H72O10/c1-49-61-59(65(75-49,53-23-11-5-12-24-53)54-25-13-6-14-26-54)31-19-3-9-21-51-33-35-52(36-34-51)22-10-4-20-32-60-62(50(2)76-66(60,55-27-15-7-16-28-55)56-29-17-8-18-30-56)64(68)74-48-44-70-42-46-72-58-39-37-57(38-40-58)71-45-41-69-43-47-73-63(61)67/h5-8,11-18,23-30,33-40,59-60H,3-4,9-10,19-22,31-32,41-48H2,1-2H3. The van der Waals surface area contributed by atoms with Gasteiger partial charge in [-0.25, -0.2) is 9.59 Å². The third-order valence-corrected chi connectivity index (χ3v) is 15.0. The Bertz CT molecular complexity index is 2550. The van der Waals surface area contributed by atoms with Gasteiger partial charge >= 0.3 is 11.9 Å². The Hall–Kier alpha value is -7.14. The Kier molecular flexibility index (Phi) is 18.8. The van der Waals surface area contributed by atoms with Crippen molar-refractivity contribution in [2.45, 2.75) is 89.3 Å². The molecule has 2 atom stereocenters. The van der Waals surface area contributed by atoms with Gasteiger partial charge in [0, 0.05) is 34.1 Å². The van der Waals surface area contributed by atoms with E-state index in [1.807, 2.05) is 111 Å². The number of benzene rings is 6. The molecule has 6 aliphatic rings. The molecule has 0 amide bonds. The quantitative estimate of drug-likeness (QED) is 0.158. The minimum absolute atomic E-state index is 0.102. The van der Waals surface area contributed by atoms with Crippen LogP contribution in [0.5, 0.6) is 11.5 Å². The summed E-state index contributed by atoms with van der Waals surface area (Å²) in [5.41, 5.74) is 6.05. The first kappa shape index (κ1) is 53.7. The molecule has 396 valence electrons. The summed E-state index contributed by atoms with van der Waals surface area (Å²) in [4.78, 5) is 28.3. The van der Waals surface area contributed by atoms with Crippen molar-refractivity contribution in [3.8, 4) is 11.5 Å². The summed E-state index contributed by atoms with van der Waals surface area (Å²) in [5.74, 6) is 1.25. The van der Waals surface area contributed by atoms with Crippen LogP contribution in [-0.2, 0) is 62.1 Å². The number of carbonyl (C=O) groups is 2. The molecule has 12 rings (SSSR count). The molecule has 0 aromatic heterocycles. The van der Waals surface area contributed by atoms with E-state index < -0.39 is 11.2 Å². The van der Waals surface area contributed by atoms with Crippen LogP contribution < -0.4 is 9.47 Å². The summed E-state index contributed by atoms with van der Waals surface area (Å²) in [7, 11) is 0. The second kappa shape index (κ2) is 26.6. The predicted octanol–water partition coefficient (Wildman–Crippen LogP) is 13.2. The minimum atomic E-state index is -0.886. The molecule has 76 heavy (non-hydrogen) atoms. The Balaban J connectivity index is 0.887. The van der Waals surface area contributed by atoms with Crippen molar-refractivity contribution in [3.63, 3.8) is 0 Å². The molecule has 6 aromatic rings. The second-order valence-electron chi connectivity index (χ2n) is 19.9. The number of carbonyl (C=O) groups excluding carboxylic acids is 2. The van der Waals surface area contributed by atoms with E-state index in [1.54, 1.807) is 0 Å². The normalized spacial score (nSPS) is 20.8. The molecule has 0 fully saturated rings. The molecule has 0 aliphatic carbocycles. The van der Waals surface area contributed by atoms with Gasteiger partial charge < -0.3 is 37.9 Å². The van der Waals surface area contributed by atoms with Gasteiger partial charge in [0.2, 0.25) is 0 Å². The summed E-state index contributed by atoms with van der Waals surface area (Å²) in [5, 5.41) is 0. The molecule has 0 N–H and O–H groups in total. The van der Waals surface area contributed by atoms with E-state index in [1.165, 1.54) is 11.1 Å². The van der Waals surface area contributed by atoms with Crippen LogP contribution in [0.25, 0.3) is 0 Å². The third-order valence-electron chi connectivity index (χ3n) is 15.0. The highest BCUT2D eigenvalue weighted by molar-refractivity contribution is 5.91. The first-order valence-electron chi connectivity index (χ1n) is 27.3. The lowest BCUT2D eigenvalue weighted by molar-refractivity contribution is -0.142. The number of ether oxygens (including phenoxy) is 8. The number of esters is 2. The molecule has 0 saturated heterocycles. The molecule has 4 bridgehead atoms. The van der Waals surface area contributed by atoms with Gasteiger partial charge in [-0.1, -0.05) is 171 Å². The van der Waals surface area contributed by atoms with Crippen molar-refractivity contribution in [2.24, 2.45) is 11.8 Å². The molecular weight excluding hydrogens is 953 g/mol. The zero-order valence-electron chi connectivity index (χ0n) is 44.1. The first-order valence-corrected chi connectivity index (χ1v) is 27.3. The van der Waals surface area contributed by atoms with Gasteiger partial charge in [0.05, 0.1) is 37.6 Å². The van der Waals surface area contributed by atoms with Crippen LogP contribution in [0.1, 0.15) is 98.6 Å². The van der Waals surface area contributed by atoms with Crippen molar-refractivity contribution in [1.29, 1.82) is 0 Å². The summed E-state index contributed by atoms with van der Waals surface area (Å²) in [6.45, 7) is 5.72. The molecule has 6 aromatic carbocycles. The maximum Gasteiger partial charge on any atom is 0.337 e. The summed E-state index contributed by atoms with van der Waals surface area (Å²) in [6.07, 6.45) is 9.29. The van der Waals surface area contributed by atoms with Crippen LogP contribution in [0.3, 0.4) is 0 Å². The van der Waals surface area contributed by atoms with E-state index >= 15 is 0 Å². The van der Waals surface area contributed by atoms with Gasteiger partial charge in [0.15, 0.2) is 11.2 Å². The molecule has 0 saturated carbocycles. The van der Waals surface area contributed by atoms with E-state index in [2.05, 4.69) is 72.8 Å². The lowest BCUT2D eigenvalue weighted by atomic mass is 9.72. The molecule has 10 heteroatoms. The zero-order chi connectivity index (χ0) is 52.4. The van der Waals surface area contributed by atoms with Crippen molar-refractivity contribution >= 4 is 11.9 Å². The number of hydrogen-bond donors (Lipinski definition) is 0. The lowest BCUT2D eigenvalue weighted by Gasteiger charge is -2.37. The SMILES string of the molecule is CC1=C2C(=O)OCCOCCOc3ccc(cc3)OCCOCCOC(=O)C3=C(C)OC(c4ccccc4)(c4ccccc4)C3CCCCCc3ccc(cc3)CCCCCC2C(c2ccccc2)(c2ccccc2)O1. The number of allylic oxidation sites excluding steroid dienone is 2. The Morgan fingerprint density at radius 1 is 0.355 bits per heavy atom. The zero-order valence-corrected chi connectivity index (χ0v) is 44.1. The van der Waals surface area contributed by atoms with Crippen LogP contribution in [0.15, 0.2) is 193 Å².